The number of hydrogen-bond donors (Lipinski definition) is 0. The van der Waals surface area contributed by atoms with Crippen LogP contribution in [0.25, 0.3) is 0 Å². The van der Waals surface area contributed by atoms with Crippen molar-refractivity contribution in [3.63, 3.8) is 0 Å². The van der Waals surface area contributed by atoms with Gasteiger partial charge in [0.25, 0.3) is 5.91 Å². The van der Waals surface area contributed by atoms with E-state index in [9.17, 15) is 19.7 Å². The fourth-order valence-electron chi connectivity index (χ4n) is 1.60. The lowest BCUT2D eigenvalue weighted by molar-refractivity contribution is -0.380. The standard InChI is InChI=1S/C13H11ClN2O5S2/c1-15(6-8-2-4-10(14)22-8)11(17)7-21-13(18)9-3-5-12(23-9)16(19)20/h2-5H,6-7H2,1H3. The molecule has 0 aliphatic rings. The fraction of sp³-hybridized carbons (Fsp3) is 0.231. The second kappa shape index (κ2) is 7.53. The zero-order valence-corrected chi connectivity index (χ0v) is 14.2. The van der Waals surface area contributed by atoms with Crippen molar-refractivity contribution < 1.29 is 19.2 Å². The van der Waals surface area contributed by atoms with Crippen molar-refractivity contribution in [1.29, 1.82) is 0 Å². The van der Waals surface area contributed by atoms with Crippen molar-refractivity contribution in [3.05, 3.63) is 48.5 Å². The Morgan fingerprint density at radius 2 is 2.04 bits per heavy atom. The molecule has 122 valence electrons. The van der Waals surface area contributed by atoms with Crippen molar-refractivity contribution in [3.8, 4) is 0 Å². The van der Waals surface area contributed by atoms with Gasteiger partial charge >= 0.3 is 11.0 Å². The molecule has 0 radical (unpaired) electrons. The van der Waals surface area contributed by atoms with Gasteiger partial charge in [-0.3, -0.25) is 14.9 Å². The van der Waals surface area contributed by atoms with Crippen LogP contribution in [0, 0.1) is 10.1 Å². The molecule has 23 heavy (non-hydrogen) atoms. The Hall–Kier alpha value is -1.97. The molecule has 7 nitrogen and oxygen atoms in total. The van der Waals surface area contributed by atoms with Crippen LogP contribution in [-0.4, -0.2) is 35.4 Å². The Balaban J connectivity index is 1.85. The third-order valence-corrected chi connectivity index (χ3v) is 4.98. The molecule has 0 aliphatic heterocycles. The van der Waals surface area contributed by atoms with E-state index in [0.29, 0.717) is 22.2 Å². The van der Waals surface area contributed by atoms with Crippen LogP contribution in [0.3, 0.4) is 0 Å². The quantitative estimate of drug-likeness (QED) is 0.440. The minimum Gasteiger partial charge on any atom is -0.451 e. The van der Waals surface area contributed by atoms with Gasteiger partial charge < -0.3 is 9.64 Å². The van der Waals surface area contributed by atoms with Gasteiger partial charge in [-0.1, -0.05) is 22.9 Å². The molecule has 0 saturated carbocycles. The zero-order chi connectivity index (χ0) is 17.0. The van der Waals surface area contributed by atoms with Crippen molar-refractivity contribution in [2.24, 2.45) is 0 Å². The molecule has 0 unspecified atom stereocenters. The van der Waals surface area contributed by atoms with Gasteiger partial charge in [0.05, 0.1) is 15.8 Å². The van der Waals surface area contributed by atoms with Crippen LogP contribution < -0.4 is 0 Å². The third-order valence-electron chi connectivity index (χ3n) is 2.75. The summed E-state index contributed by atoms with van der Waals surface area (Å²) in [6.07, 6.45) is 0. The molecule has 2 aromatic heterocycles. The number of halogens is 1. The lowest BCUT2D eigenvalue weighted by Gasteiger charge is -2.15. The van der Waals surface area contributed by atoms with E-state index in [1.165, 1.54) is 28.4 Å². The SMILES string of the molecule is CN(Cc1ccc(Cl)s1)C(=O)COC(=O)c1ccc([N+](=O)[O-])s1. The van der Waals surface area contributed by atoms with E-state index in [1.807, 2.05) is 6.07 Å². The summed E-state index contributed by atoms with van der Waals surface area (Å²) in [6, 6.07) is 6.07. The summed E-state index contributed by atoms with van der Waals surface area (Å²) >= 11 is 7.88. The molecule has 0 atom stereocenters. The van der Waals surface area contributed by atoms with Gasteiger partial charge in [-0.05, 0) is 18.2 Å². The average Bonchev–Trinajstić information content (AvgIpc) is 3.13. The number of rotatable bonds is 6. The zero-order valence-electron chi connectivity index (χ0n) is 11.9. The maximum absolute atomic E-state index is 11.9. The van der Waals surface area contributed by atoms with E-state index in [2.05, 4.69) is 0 Å². The number of carbonyl (C=O) groups is 2. The highest BCUT2D eigenvalue weighted by molar-refractivity contribution is 7.17. The molecular formula is C13H11ClN2O5S2. The number of esters is 1. The summed E-state index contributed by atoms with van der Waals surface area (Å²) in [5, 5.41) is 10.4. The highest BCUT2D eigenvalue weighted by atomic mass is 35.5. The smallest absolute Gasteiger partial charge is 0.349 e. The van der Waals surface area contributed by atoms with Crippen LogP contribution in [0.2, 0.25) is 4.34 Å². The second-order valence-electron chi connectivity index (χ2n) is 4.43. The van der Waals surface area contributed by atoms with Gasteiger partial charge in [-0.2, -0.15) is 0 Å². The molecule has 0 spiro atoms. The number of amides is 1. The first-order valence-corrected chi connectivity index (χ1v) is 8.27. The molecule has 0 fully saturated rings. The number of nitrogens with zero attached hydrogens (tertiary/aromatic N) is 2. The Labute approximate surface area is 144 Å². The third kappa shape index (κ3) is 4.75. The van der Waals surface area contributed by atoms with Crippen molar-refractivity contribution >= 4 is 51.2 Å². The van der Waals surface area contributed by atoms with E-state index in [-0.39, 0.29) is 15.8 Å². The molecule has 2 heterocycles. The highest BCUT2D eigenvalue weighted by Gasteiger charge is 2.18. The Morgan fingerprint density at radius 3 is 2.61 bits per heavy atom. The van der Waals surface area contributed by atoms with Crippen LogP contribution in [0.1, 0.15) is 14.5 Å². The van der Waals surface area contributed by atoms with Gasteiger partial charge in [-0.25, -0.2) is 4.79 Å². The first kappa shape index (κ1) is 17.4. The number of carbonyl (C=O) groups excluding carboxylic acids is 2. The normalized spacial score (nSPS) is 10.3. The lowest BCUT2D eigenvalue weighted by atomic mass is 10.4. The van der Waals surface area contributed by atoms with Crippen LogP contribution in [0.15, 0.2) is 24.3 Å². The van der Waals surface area contributed by atoms with Gasteiger partial charge in [0.2, 0.25) is 0 Å². The Kier molecular flexibility index (Phi) is 5.69. The molecule has 0 saturated heterocycles. The molecule has 10 heteroatoms. The number of nitro groups is 1. The molecule has 0 N–H and O–H groups in total. The van der Waals surface area contributed by atoms with Crippen LogP contribution in [0.4, 0.5) is 5.00 Å². The van der Waals surface area contributed by atoms with Crippen molar-refractivity contribution in [2.75, 3.05) is 13.7 Å². The van der Waals surface area contributed by atoms with Gasteiger partial charge in [0.15, 0.2) is 6.61 Å². The predicted octanol–water partition coefficient (Wildman–Crippen LogP) is 3.19. The number of thiophene rings is 2. The summed E-state index contributed by atoms with van der Waals surface area (Å²) in [7, 11) is 1.58. The number of hydrogen-bond acceptors (Lipinski definition) is 7. The number of likely N-dealkylation sites (N-methyl/N-ethyl adjacent to an activating group) is 1. The molecule has 1 amide bonds. The molecule has 0 bridgehead atoms. The van der Waals surface area contributed by atoms with Crippen LogP contribution in [-0.2, 0) is 16.1 Å². The summed E-state index contributed by atoms with van der Waals surface area (Å²) in [6.45, 7) is -0.0710. The second-order valence-corrected chi connectivity index (χ2v) is 7.29. The molecule has 2 rings (SSSR count). The molecule has 0 aliphatic carbocycles. The van der Waals surface area contributed by atoms with E-state index in [1.54, 1.807) is 13.1 Å². The Bertz CT molecular complexity index is 742. The van der Waals surface area contributed by atoms with Gasteiger partial charge in [-0.15, -0.1) is 11.3 Å². The highest BCUT2D eigenvalue weighted by Crippen LogP contribution is 2.24. The molecule has 0 aromatic carbocycles. The maximum atomic E-state index is 11.9. The Morgan fingerprint density at radius 1 is 1.30 bits per heavy atom. The predicted molar refractivity (Wildman–Crippen MR) is 87.1 cm³/mol. The lowest BCUT2D eigenvalue weighted by Crippen LogP contribution is -2.30. The van der Waals surface area contributed by atoms with Crippen LogP contribution in [0.5, 0.6) is 0 Å². The average molecular weight is 375 g/mol. The van der Waals surface area contributed by atoms with Gasteiger partial charge in [0, 0.05) is 18.0 Å². The monoisotopic (exact) mass is 374 g/mol. The molecule has 2 aromatic rings. The van der Waals surface area contributed by atoms with E-state index < -0.39 is 17.5 Å². The summed E-state index contributed by atoms with van der Waals surface area (Å²) in [5.74, 6) is -1.14. The van der Waals surface area contributed by atoms with E-state index >= 15 is 0 Å². The van der Waals surface area contributed by atoms with Crippen LogP contribution >= 0.6 is 34.3 Å². The maximum Gasteiger partial charge on any atom is 0.349 e. The van der Waals surface area contributed by atoms with Crippen molar-refractivity contribution in [1.82, 2.24) is 4.90 Å². The largest absolute Gasteiger partial charge is 0.451 e. The van der Waals surface area contributed by atoms with Crippen molar-refractivity contribution in [2.45, 2.75) is 6.54 Å². The minimum atomic E-state index is -0.760. The summed E-state index contributed by atoms with van der Waals surface area (Å²) < 4.78 is 5.51. The summed E-state index contributed by atoms with van der Waals surface area (Å²) in [4.78, 5) is 36.0. The molecular weight excluding hydrogens is 364 g/mol. The fourth-order valence-corrected chi connectivity index (χ4v) is 3.46. The first-order chi connectivity index (χ1) is 10.9. The minimum absolute atomic E-state index is 0.0807. The summed E-state index contributed by atoms with van der Waals surface area (Å²) in [5.41, 5.74) is 0. The van der Waals surface area contributed by atoms with Gasteiger partial charge in [0.1, 0.15) is 4.88 Å². The van der Waals surface area contributed by atoms with E-state index in [4.69, 9.17) is 16.3 Å². The first-order valence-electron chi connectivity index (χ1n) is 6.26. The van der Waals surface area contributed by atoms with E-state index in [0.717, 1.165) is 4.88 Å². The topological polar surface area (TPSA) is 89.8 Å². The number of ether oxygens (including phenoxy) is 1.